The van der Waals surface area contributed by atoms with Crippen LogP contribution in [0.4, 0.5) is 5.69 Å². The third-order valence-corrected chi connectivity index (χ3v) is 5.74. The van der Waals surface area contributed by atoms with Crippen molar-refractivity contribution >= 4 is 23.3 Å². The quantitative estimate of drug-likeness (QED) is 0.732. The summed E-state index contributed by atoms with van der Waals surface area (Å²) in [5.41, 5.74) is 1.05. The standard InChI is InChI=1S/C23H32N2O4/c1-3-9-20(26)17-12-13-21-19(14-17)25(23(28)16(2)29-21)15-22(27)24-18-10-7-5-4-6-8-11-18/h12-14,16,18H,3-11,15H2,1-2H3,(H,24,27). The second-order valence-electron chi connectivity index (χ2n) is 8.15. The molecule has 6 nitrogen and oxygen atoms in total. The number of amides is 2. The molecule has 2 aliphatic rings. The van der Waals surface area contributed by atoms with E-state index in [0.29, 0.717) is 23.4 Å². The van der Waals surface area contributed by atoms with E-state index in [1.165, 1.54) is 24.2 Å². The molecule has 1 aliphatic heterocycles. The molecular formula is C23H32N2O4. The third kappa shape index (κ3) is 5.37. The summed E-state index contributed by atoms with van der Waals surface area (Å²) in [5, 5.41) is 3.12. The molecule has 29 heavy (non-hydrogen) atoms. The van der Waals surface area contributed by atoms with Crippen LogP contribution in [0.1, 0.15) is 82.0 Å². The van der Waals surface area contributed by atoms with Gasteiger partial charge in [0.05, 0.1) is 5.69 Å². The van der Waals surface area contributed by atoms with E-state index in [1.807, 2.05) is 6.92 Å². The van der Waals surface area contributed by atoms with Crippen LogP contribution in [-0.2, 0) is 9.59 Å². The first-order valence-electron chi connectivity index (χ1n) is 10.9. The molecule has 0 aromatic heterocycles. The maximum absolute atomic E-state index is 12.8. The fourth-order valence-electron chi connectivity index (χ4n) is 4.13. The van der Waals surface area contributed by atoms with Gasteiger partial charge in [0.2, 0.25) is 5.91 Å². The highest BCUT2D eigenvalue weighted by atomic mass is 16.5. The smallest absolute Gasteiger partial charge is 0.268 e. The van der Waals surface area contributed by atoms with E-state index < -0.39 is 6.10 Å². The highest BCUT2D eigenvalue weighted by Crippen LogP contribution is 2.35. The first-order valence-corrected chi connectivity index (χ1v) is 10.9. The van der Waals surface area contributed by atoms with Crippen molar-refractivity contribution in [3.63, 3.8) is 0 Å². The van der Waals surface area contributed by atoms with Crippen LogP contribution in [0, 0.1) is 0 Å². The van der Waals surface area contributed by atoms with Gasteiger partial charge in [0.25, 0.3) is 5.91 Å². The van der Waals surface area contributed by atoms with Crippen molar-refractivity contribution < 1.29 is 19.1 Å². The van der Waals surface area contributed by atoms with Crippen molar-refractivity contribution in [1.29, 1.82) is 0 Å². The zero-order valence-corrected chi connectivity index (χ0v) is 17.5. The van der Waals surface area contributed by atoms with Crippen molar-refractivity contribution in [2.75, 3.05) is 11.4 Å². The van der Waals surface area contributed by atoms with Gasteiger partial charge >= 0.3 is 0 Å². The normalized spacial score (nSPS) is 20.3. The number of Topliss-reactive ketones (excluding diaryl/α,β-unsaturated/α-hetero) is 1. The summed E-state index contributed by atoms with van der Waals surface area (Å²) >= 11 is 0. The summed E-state index contributed by atoms with van der Waals surface area (Å²) in [6, 6.07) is 5.31. The molecule has 3 rings (SSSR count). The van der Waals surface area contributed by atoms with E-state index in [1.54, 1.807) is 25.1 Å². The van der Waals surface area contributed by atoms with Gasteiger partial charge in [-0.3, -0.25) is 19.3 Å². The number of rotatable bonds is 6. The Morgan fingerprint density at radius 1 is 1.14 bits per heavy atom. The molecule has 0 saturated heterocycles. The number of hydrogen-bond acceptors (Lipinski definition) is 4. The van der Waals surface area contributed by atoms with Gasteiger partial charge in [-0.15, -0.1) is 0 Å². The number of hydrogen-bond donors (Lipinski definition) is 1. The highest BCUT2D eigenvalue weighted by Gasteiger charge is 2.33. The number of carbonyl (C=O) groups is 3. The number of anilines is 1. The minimum Gasteiger partial charge on any atom is -0.479 e. The predicted octanol–water partition coefficient (Wildman–Crippen LogP) is 4.01. The summed E-state index contributed by atoms with van der Waals surface area (Å²) in [7, 11) is 0. The SMILES string of the molecule is CCCC(=O)c1ccc2c(c1)N(CC(=O)NC1CCCCCCC1)C(=O)C(C)O2. The molecule has 1 atom stereocenters. The van der Waals surface area contributed by atoms with E-state index in [-0.39, 0.29) is 30.2 Å². The molecule has 158 valence electrons. The third-order valence-electron chi connectivity index (χ3n) is 5.74. The van der Waals surface area contributed by atoms with Gasteiger partial charge in [-0.1, -0.05) is 39.0 Å². The molecule has 0 spiro atoms. The average Bonchev–Trinajstić information content (AvgIpc) is 2.67. The van der Waals surface area contributed by atoms with E-state index in [2.05, 4.69) is 5.32 Å². The van der Waals surface area contributed by atoms with E-state index in [0.717, 1.165) is 32.1 Å². The molecule has 1 fully saturated rings. The maximum atomic E-state index is 12.8. The Labute approximate surface area is 173 Å². The van der Waals surface area contributed by atoms with Crippen molar-refractivity contribution in [3.05, 3.63) is 23.8 Å². The van der Waals surface area contributed by atoms with Crippen LogP contribution < -0.4 is 15.0 Å². The molecule has 1 aromatic carbocycles. The number of ether oxygens (including phenoxy) is 1. The highest BCUT2D eigenvalue weighted by molar-refractivity contribution is 6.05. The van der Waals surface area contributed by atoms with Gasteiger partial charge in [0.15, 0.2) is 11.9 Å². The minimum absolute atomic E-state index is 0.0280. The molecule has 1 saturated carbocycles. The van der Waals surface area contributed by atoms with Gasteiger partial charge in [-0.25, -0.2) is 0 Å². The molecule has 6 heteroatoms. The second-order valence-corrected chi connectivity index (χ2v) is 8.15. The first-order chi connectivity index (χ1) is 14.0. The van der Waals surface area contributed by atoms with Crippen LogP contribution >= 0.6 is 0 Å². The number of ketones is 1. The molecule has 1 N–H and O–H groups in total. The predicted molar refractivity (Wildman–Crippen MR) is 112 cm³/mol. The van der Waals surface area contributed by atoms with Crippen molar-refractivity contribution in [3.8, 4) is 5.75 Å². The fraction of sp³-hybridized carbons (Fsp3) is 0.609. The molecule has 2 amide bonds. The van der Waals surface area contributed by atoms with Gasteiger partial charge in [0.1, 0.15) is 12.3 Å². The molecule has 1 aromatic rings. The molecule has 1 heterocycles. The summed E-state index contributed by atoms with van der Waals surface area (Å²) in [4.78, 5) is 39.3. The minimum atomic E-state index is -0.658. The number of nitrogens with one attached hydrogen (secondary N) is 1. The van der Waals surface area contributed by atoms with Crippen LogP contribution in [0.25, 0.3) is 0 Å². The van der Waals surface area contributed by atoms with Crippen molar-refractivity contribution in [2.24, 2.45) is 0 Å². The van der Waals surface area contributed by atoms with Crippen LogP contribution in [0.3, 0.4) is 0 Å². The Balaban J connectivity index is 1.75. The molecule has 1 unspecified atom stereocenters. The van der Waals surface area contributed by atoms with E-state index in [4.69, 9.17) is 4.74 Å². The Bertz CT molecular complexity index is 753. The average molecular weight is 401 g/mol. The largest absolute Gasteiger partial charge is 0.479 e. The lowest BCUT2D eigenvalue weighted by molar-refractivity contribution is -0.128. The van der Waals surface area contributed by atoms with E-state index in [9.17, 15) is 14.4 Å². The first kappa shape index (κ1) is 21.3. The fourth-order valence-corrected chi connectivity index (χ4v) is 4.13. The molecule has 0 radical (unpaired) electrons. The monoisotopic (exact) mass is 400 g/mol. The van der Waals surface area contributed by atoms with Crippen LogP contribution in [0.5, 0.6) is 5.75 Å². The Morgan fingerprint density at radius 3 is 2.52 bits per heavy atom. The summed E-state index contributed by atoms with van der Waals surface area (Å²) in [6.45, 7) is 3.58. The second kappa shape index (κ2) is 9.90. The van der Waals surface area contributed by atoms with Crippen LogP contribution in [0.2, 0.25) is 0 Å². The maximum Gasteiger partial charge on any atom is 0.268 e. The van der Waals surface area contributed by atoms with Crippen LogP contribution in [-0.4, -0.2) is 36.3 Å². The van der Waals surface area contributed by atoms with Gasteiger partial charge < -0.3 is 10.1 Å². The van der Waals surface area contributed by atoms with Gasteiger partial charge in [-0.05, 0) is 44.4 Å². The summed E-state index contributed by atoms with van der Waals surface area (Å²) < 4.78 is 5.70. The zero-order chi connectivity index (χ0) is 20.8. The van der Waals surface area contributed by atoms with E-state index >= 15 is 0 Å². The Morgan fingerprint density at radius 2 is 1.83 bits per heavy atom. The lowest BCUT2D eigenvalue weighted by Gasteiger charge is -2.33. The molecule has 1 aliphatic carbocycles. The van der Waals surface area contributed by atoms with Crippen LogP contribution in [0.15, 0.2) is 18.2 Å². The number of benzene rings is 1. The van der Waals surface area contributed by atoms with Crippen molar-refractivity contribution in [1.82, 2.24) is 5.32 Å². The summed E-state index contributed by atoms with van der Waals surface area (Å²) in [6.07, 6.45) is 8.50. The zero-order valence-electron chi connectivity index (χ0n) is 17.5. The Hall–Kier alpha value is -2.37. The lowest BCUT2D eigenvalue weighted by atomic mass is 9.97. The topological polar surface area (TPSA) is 75.7 Å². The lowest BCUT2D eigenvalue weighted by Crippen LogP contribution is -2.50. The van der Waals surface area contributed by atoms with Gasteiger partial charge in [-0.2, -0.15) is 0 Å². The summed E-state index contributed by atoms with van der Waals surface area (Å²) in [5.74, 6) is 0.142. The number of nitrogens with zero attached hydrogens (tertiary/aromatic N) is 1. The van der Waals surface area contributed by atoms with Gasteiger partial charge in [0, 0.05) is 18.0 Å². The number of carbonyl (C=O) groups excluding carboxylic acids is 3. The molecular weight excluding hydrogens is 368 g/mol. The number of fused-ring (bicyclic) bond motifs is 1. The molecule has 0 bridgehead atoms. The van der Waals surface area contributed by atoms with Crippen molar-refractivity contribution in [2.45, 2.75) is 83.8 Å². The Kier molecular flexibility index (Phi) is 7.29.